The van der Waals surface area contributed by atoms with Crippen molar-refractivity contribution in [1.82, 2.24) is 0 Å². The fraction of sp³-hybridized carbons (Fsp3) is 1.00. The third kappa shape index (κ3) is 2.74. The van der Waals surface area contributed by atoms with Crippen LogP contribution in [0.15, 0.2) is 0 Å². The van der Waals surface area contributed by atoms with Crippen molar-refractivity contribution in [1.29, 1.82) is 0 Å². The Hall–Kier alpha value is -0.460. The number of aliphatic hydroxyl groups is 1. The number of alkyl halides is 6. The third-order valence-electron chi connectivity index (χ3n) is 6.81. The van der Waals surface area contributed by atoms with Gasteiger partial charge in [0.1, 0.15) is 0 Å². The summed E-state index contributed by atoms with van der Waals surface area (Å²) in [6.07, 6.45) is -5.51. The Bertz CT molecular complexity index is 421. The zero-order valence-electron chi connectivity index (χ0n) is 13.5. The molecule has 0 aromatic carbocycles. The molecular weight excluding hydrogens is 334 g/mol. The fourth-order valence-corrected chi connectivity index (χ4v) is 5.87. The molecule has 0 amide bonds. The van der Waals surface area contributed by atoms with Gasteiger partial charge in [-0.25, -0.2) is 0 Å². The van der Waals surface area contributed by atoms with Gasteiger partial charge in [-0.2, -0.15) is 26.3 Å². The first-order chi connectivity index (χ1) is 11.1. The van der Waals surface area contributed by atoms with E-state index >= 15 is 0 Å². The average Bonchev–Trinajstić information content (AvgIpc) is 2.49. The molecule has 0 saturated heterocycles. The smallest absolute Gasteiger partial charge is 0.373 e. The van der Waals surface area contributed by atoms with Crippen LogP contribution in [0.4, 0.5) is 26.3 Å². The molecule has 0 heterocycles. The molecule has 4 unspecified atom stereocenters. The number of halogens is 6. The summed E-state index contributed by atoms with van der Waals surface area (Å²) < 4.78 is 81.2. The van der Waals surface area contributed by atoms with Gasteiger partial charge in [0.05, 0.1) is 0 Å². The molecule has 7 heteroatoms. The van der Waals surface area contributed by atoms with E-state index in [1.165, 1.54) is 0 Å². The lowest BCUT2D eigenvalue weighted by atomic mass is 9.51. The SMILES string of the molecule is OC(C1C2CCCCC2CC2CCCCC21)(C(F)(F)F)C(F)(F)F. The maximum atomic E-state index is 13.5. The van der Waals surface area contributed by atoms with Crippen LogP contribution in [0.25, 0.3) is 0 Å². The Morgan fingerprint density at radius 2 is 1.00 bits per heavy atom. The fourth-order valence-electron chi connectivity index (χ4n) is 5.87. The molecule has 3 aliphatic carbocycles. The standard InChI is InChI=1S/C17H24F6O/c18-16(19,20)15(24,17(21,22)23)14-12-7-3-1-5-10(12)9-11-6-2-4-8-13(11)14/h10-14,24H,1-9H2. The maximum absolute atomic E-state index is 13.5. The van der Waals surface area contributed by atoms with Crippen LogP contribution in [0.5, 0.6) is 0 Å². The summed E-state index contributed by atoms with van der Waals surface area (Å²) >= 11 is 0. The highest BCUT2D eigenvalue weighted by atomic mass is 19.4. The highest BCUT2D eigenvalue weighted by Crippen LogP contribution is 2.61. The van der Waals surface area contributed by atoms with Gasteiger partial charge >= 0.3 is 12.4 Å². The lowest BCUT2D eigenvalue weighted by Gasteiger charge is -2.56. The average molecular weight is 358 g/mol. The van der Waals surface area contributed by atoms with Gasteiger partial charge in [-0.1, -0.05) is 38.5 Å². The highest BCUT2D eigenvalue weighted by Gasteiger charge is 2.76. The number of fused-ring (bicyclic) bond motifs is 2. The summed E-state index contributed by atoms with van der Waals surface area (Å²) in [6, 6.07) is 0. The summed E-state index contributed by atoms with van der Waals surface area (Å²) in [6.45, 7) is 0. The van der Waals surface area contributed by atoms with E-state index in [0.29, 0.717) is 38.5 Å². The van der Waals surface area contributed by atoms with E-state index in [1.807, 2.05) is 0 Å². The Kier molecular flexibility index (Phi) is 4.63. The van der Waals surface area contributed by atoms with Crippen molar-refractivity contribution in [2.24, 2.45) is 29.6 Å². The minimum atomic E-state index is -5.70. The quantitative estimate of drug-likeness (QED) is 0.616. The van der Waals surface area contributed by atoms with Gasteiger partial charge in [0.25, 0.3) is 5.60 Å². The second-order valence-electron chi connectivity index (χ2n) is 7.94. The largest absolute Gasteiger partial charge is 0.426 e. The maximum Gasteiger partial charge on any atom is 0.426 e. The summed E-state index contributed by atoms with van der Waals surface area (Å²) in [7, 11) is 0. The molecule has 3 fully saturated rings. The normalized spacial score (nSPS) is 38.4. The lowest BCUT2D eigenvalue weighted by Crippen LogP contribution is -2.67. The van der Waals surface area contributed by atoms with Gasteiger partial charge in [-0.05, 0) is 42.9 Å². The van der Waals surface area contributed by atoms with Crippen molar-refractivity contribution in [2.45, 2.75) is 75.7 Å². The molecule has 1 N–H and O–H groups in total. The lowest BCUT2D eigenvalue weighted by molar-refractivity contribution is -0.400. The van der Waals surface area contributed by atoms with E-state index in [1.54, 1.807) is 0 Å². The first-order valence-corrected chi connectivity index (χ1v) is 8.93. The van der Waals surface area contributed by atoms with E-state index in [9.17, 15) is 31.4 Å². The molecule has 0 spiro atoms. The molecule has 4 atom stereocenters. The molecule has 140 valence electrons. The van der Waals surface area contributed by atoms with Gasteiger partial charge in [-0.3, -0.25) is 0 Å². The highest BCUT2D eigenvalue weighted by molar-refractivity contribution is 5.08. The second-order valence-corrected chi connectivity index (χ2v) is 7.94. The topological polar surface area (TPSA) is 20.2 Å². The first kappa shape index (κ1) is 18.3. The molecule has 3 saturated carbocycles. The predicted molar refractivity (Wildman–Crippen MR) is 76.1 cm³/mol. The Morgan fingerprint density at radius 1 is 0.625 bits per heavy atom. The van der Waals surface area contributed by atoms with Crippen LogP contribution < -0.4 is 0 Å². The molecule has 0 aromatic heterocycles. The van der Waals surface area contributed by atoms with Gasteiger partial charge in [0.15, 0.2) is 0 Å². The Labute approximate surface area is 137 Å². The minimum Gasteiger partial charge on any atom is -0.373 e. The van der Waals surface area contributed by atoms with Crippen molar-refractivity contribution < 1.29 is 31.4 Å². The summed E-state index contributed by atoms with van der Waals surface area (Å²) in [4.78, 5) is 0. The van der Waals surface area contributed by atoms with Gasteiger partial charge in [-0.15, -0.1) is 0 Å². The van der Waals surface area contributed by atoms with Gasteiger partial charge in [0.2, 0.25) is 0 Å². The Balaban J connectivity index is 2.07. The van der Waals surface area contributed by atoms with E-state index < -0.39 is 35.7 Å². The number of hydrogen-bond donors (Lipinski definition) is 1. The van der Waals surface area contributed by atoms with Crippen molar-refractivity contribution in [3.8, 4) is 0 Å². The summed E-state index contributed by atoms with van der Waals surface area (Å²) in [5, 5.41) is 10.1. The van der Waals surface area contributed by atoms with Crippen molar-refractivity contribution in [2.75, 3.05) is 0 Å². The zero-order valence-corrected chi connectivity index (χ0v) is 13.5. The summed E-state index contributed by atoms with van der Waals surface area (Å²) in [5.41, 5.74) is -4.58. The van der Waals surface area contributed by atoms with Crippen molar-refractivity contribution in [3.05, 3.63) is 0 Å². The van der Waals surface area contributed by atoms with Crippen molar-refractivity contribution in [3.63, 3.8) is 0 Å². The molecular formula is C17H24F6O. The monoisotopic (exact) mass is 358 g/mol. The van der Waals surface area contributed by atoms with E-state index in [0.717, 1.165) is 19.3 Å². The van der Waals surface area contributed by atoms with Crippen molar-refractivity contribution >= 4 is 0 Å². The van der Waals surface area contributed by atoms with Crippen LogP contribution in [0.3, 0.4) is 0 Å². The molecule has 24 heavy (non-hydrogen) atoms. The van der Waals surface area contributed by atoms with Gasteiger partial charge in [0, 0.05) is 5.92 Å². The summed E-state index contributed by atoms with van der Waals surface area (Å²) in [5.74, 6) is -3.32. The zero-order chi connectivity index (χ0) is 17.8. The molecule has 0 radical (unpaired) electrons. The van der Waals surface area contributed by atoms with Crippen LogP contribution in [-0.4, -0.2) is 23.1 Å². The van der Waals surface area contributed by atoms with Crippen LogP contribution in [-0.2, 0) is 0 Å². The Morgan fingerprint density at radius 3 is 1.38 bits per heavy atom. The third-order valence-corrected chi connectivity index (χ3v) is 6.81. The molecule has 0 bridgehead atoms. The molecule has 3 aliphatic rings. The number of rotatable bonds is 1. The molecule has 1 nitrogen and oxygen atoms in total. The first-order valence-electron chi connectivity index (χ1n) is 8.93. The molecule has 0 aromatic rings. The van der Waals surface area contributed by atoms with E-state index in [2.05, 4.69) is 0 Å². The number of hydrogen-bond acceptors (Lipinski definition) is 1. The predicted octanol–water partition coefficient (Wildman–Crippen LogP) is 5.47. The molecule has 3 rings (SSSR count). The van der Waals surface area contributed by atoms with E-state index in [4.69, 9.17) is 0 Å². The van der Waals surface area contributed by atoms with Crippen LogP contribution in [0, 0.1) is 29.6 Å². The van der Waals surface area contributed by atoms with Crippen LogP contribution in [0.1, 0.15) is 57.8 Å². The second kappa shape index (κ2) is 6.06. The minimum absolute atomic E-state index is 0.112. The molecule has 0 aliphatic heterocycles. The van der Waals surface area contributed by atoms with Crippen LogP contribution >= 0.6 is 0 Å². The van der Waals surface area contributed by atoms with Crippen LogP contribution in [0.2, 0.25) is 0 Å². The van der Waals surface area contributed by atoms with Gasteiger partial charge < -0.3 is 5.11 Å². The van der Waals surface area contributed by atoms with E-state index in [-0.39, 0.29) is 11.8 Å².